The summed E-state index contributed by atoms with van der Waals surface area (Å²) in [6.07, 6.45) is 3.05. The lowest BCUT2D eigenvalue weighted by molar-refractivity contribution is 0.359. The summed E-state index contributed by atoms with van der Waals surface area (Å²) in [4.78, 5) is 4.46. The molecule has 5 nitrogen and oxygen atoms in total. The maximum Gasteiger partial charge on any atom is 0.231 e. The smallest absolute Gasteiger partial charge is 0.231 e. The molecular weight excluding hydrogens is 204 g/mol. The van der Waals surface area contributed by atoms with Gasteiger partial charge in [-0.3, -0.25) is 0 Å². The van der Waals surface area contributed by atoms with Gasteiger partial charge in [0, 0.05) is 19.8 Å². The molecule has 0 unspecified atom stereocenters. The predicted octanol–water partition coefficient (Wildman–Crippen LogP) is 1.15. The number of aromatic nitrogens is 3. The molecule has 1 aliphatic rings. The summed E-state index contributed by atoms with van der Waals surface area (Å²) in [5.41, 5.74) is 0.987. The van der Waals surface area contributed by atoms with Crippen LogP contribution in [0.15, 0.2) is 22.9 Å². The van der Waals surface area contributed by atoms with Crippen molar-refractivity contribution in [3.05, 3.63) is 24.2 Å². The molecule has 2 aromatic heterocycles. The van der Waals surface area contributed by atoms with Crippen molar-refractivity contribution in [3.63, 3.8) is 0 Å². The van der Waals surface area contributed by atoms with Crippen molar-refractivity contribution in [1.82, 2.24) is 20.0 Å². The normalized spacial score (nSPS) is 20.4. The van der Waals surface area contributed by atoms with Crippen LogP contribution in [0.25, 0.3) is 11.5 Å². The van der Waals surface area contributed by atoms with Gasteiger partial charge in [0.1, 0.15) is 0 Å². The zero-order valence-electron chi connectivity index (χ0n) is 9.18. The van der Waals surface area contributed by atoms with E-state index in [-0.39, 0.29) is 0 Å². The number of nitrogens with zero attached hydrogens (tertiary/aromatic N) is 3. The largest absolute Gasteiger partial charge is 0.348 e. The van der Waals surface area contributed by atoms with Crippen molar-refractivity contribution in [2.24, 2.45) is 7.05 Å². The SMILES string of the molecule is Cn1cccc1-c1noc([C@@H]2CCNC2)n1. The van der Waals surface area contributed by atoms with E-state index in [1.54, 1.807) is 0 Å². The maximum atomic E-state index is 5.31. The second kappa shape index (κ2) is 3.75. The van der Waals surface area contributed by atoms with Crippen molar-refractivity contribution >= 4 is 0 Å². The molecule has 1 fully saturated rings. The molecular formula is C11H14N4O. The molecule has 0 saturated carbocycles. The fourth-order valence-electron chi connectivity index (χ4n) is 2.06. The number of aryl methyl sites for hydroxylation is 1. The summed E-state index contributed by atoms with van der Waals surface area (Å²) in [6, 6.07) is 3.96. The van der Waals surface area contributed by atoms with E-state index in [2.05, 4.69) is 15.5 Å². The first-order valence-electron chi connectivity index (χ1n) is 5.50. The first kappa shape index (κ1) is 9.59. The van der Waals surface area contributed by atoms with E-state index in [1.807, 2.05) is 29.9 Å². The van der Waals surface area contributed by atoms with Gasteiger partial charge in [0.2, 0.25) is 11.7 Å². The first-order valence-corrected chi connectivity index (χ1v) is 5.50. The highest BCUT2D eigenvalue weighted by Crippen LogP contribution is 2.23. The second-order valence-corrected chi connectivity index (χ2v) is 4.15. The van der Waals surface area contributed by atoms with Gasteiger partial charge >= 0.3 is 0 Å². The van der Waals surface area contributed by atoms with Gasteiger partial charge in [-0.25, -0.2) is 0 Å². The van der Waals surface area contributed by atoms with Gasteiger partial charge in [0.25, 0.3) is 0 Å². The lowest BCUT2D eigenvalue weighted by Gasteiger charge is -1.98. The molecule has 3 rings (SSSR count). The van der Waals surface area contributed by atoms with Gasteiger partial charge in [-0.05, 0) is 25.1 Å². The molecule has 0 radical (unpaired) electrons. The van der Waals surface area contributed by atoms with E-state index in [1.165, 1.54) is 0 Å². The molecule has 1 saturated heterocycles. The standard InChI is InChI=1S/C11H14N4O/c1-15-6-2-3-9(15)10-13-11(16-14-10)8-4-5-12-7-8/h2-3,6,8,12H,4-5,7H2,1H3/t8-/m1/s1. The van der Waals surface area contributed by atoms with E-state index >= 15 is 0 Å². The molecule has 0 amide bonds. The minimum absolute atomic E-state index is 0.376. The van der Waals surface area contributed by atoms with Crippen molar-refractivity contribution in [2.75, 3.05) is 13.1 Å². The van der Waals surface area contributed by atoms with Crippen molar-refractivity contribution in [1.29, 1.82) is 0 Å². The van der Waals surface area contributed by atoms with E-state index in [9.17, 15) is 0 Å². The van der Waals surface area contributed by atoms with Crippen LogP contribution in [0.2, 0.25) is 0 Å². The summed E-state index contributed by atoms with van der Waals surface area (Å²) >= 11 is 0. The molecule has 0 aromatic carbocycles. The van der Waals surface area contributed by atoms with Crippen LogP contribution >= 0.6 is 0 Å². The molecule has 3 heterocycles. The lowest BCUT2D eigenvalue weighted by Crippen LogP contribution is -2.08. The topological polar surface area (TPSA) is 55.9 Å². The third kappa shape index (κ3) is 1.53. The minimum atomic E-state index is 0.376. The molecule has 1 aliphatic heterocycles. The number of hydrogen-bond acceptors (Lipinski definition) is 4. The van der Waals surface area contributed by atoms with Crippen LogP contribution in [-0.2, 0) is 7.05 Å². The molecule has 16 heavy (non-hydrogen) atoms. The van der Waals surface area contributed by atoms with Crippen LogP contribution in [-0.4, -0.2) is 27.8 Å². The van der Waals surface area contributed by atoms with E-state index < -0.39 is 0 Å². The minimum Gasteiger partial charge on any atom is -0.348 e. The number of nitrogens with one attached hydrogen (secondary N) is 1. The Bertz CT molecular complexity index is 482. The Balaban J connectivity index is 1.90. The van der Waals surface area contributed by atoms with E-state index in [4.69, 9.17) is 4.52 Å². The Hall–Kier alpha value is -1.62. The summed E-state index contributed by atoms with van der Waals surface area (Å²) < 4.78 is 7.30. The molecule has 2 aromatic rings. The second-order valence-electron chi connectivity index (χ2n) is 4.15. The fraction of sp³-hybridized carbons (Fsp3) is 0.455. The van der Waals surface area contributed by atoms with Gasteiger partial charge in [0.15, 0.2) is 0 Å². The maximum absolute atomic E-state index is 5.31. The average molecular weight is 218 g/mol. The quantitative estimate of drug-likeness (QED) is 0.821. The predicted molar refractivity (Wildman–Crippen MR) is 58.9 cm³/mol. The molecule has 5 heteroatoms. The summed E-state index contributed by atoms with van der Waals surface area (Å²) in [7, 11) is 1.97. The van der Waals surface area contributed by atoms with E-state index in [0.717, 1.165) is 31.1 Å². The van der Waals surface area contributed by atoms with Crippen LogP contribution in [0.5, 0.6) is 0 Å². The third-order valence-corrected chi connectivity index (χ3v) is 3.02. The molecule has 84 valence electrons. The Labute approximate surface area is 93.5 Å². The highest BCUT2D eigenvalue weighted by molar-refractivity contribution is 5.49. The summed E-state index contributed by atoms with van der Waals surface area (Å²) in [5.74, 6) is 1.80. The third-order valence-electron chi connectivity index (χ3n) is 3.02. The van der Waals surface area contributed by atoms with Crippen molar-refractivity contribution < 1.29 is 4.52 Å². The molecule has 1 atom stereocenters. The van der Waals surface area contributed by atoms with Gasteiger partial charge in [0.05, 0.1) is 11.6 Å². The van der Waals surface area contributed by atoms with Crippen LogP contribution in [0.1, 0.15) is 18.2 Å². The zero-order valence-corrected chi connectivity index (χ0v) is 9.18. The highest BCUT2D eigenvalue weighted by Gasteiger charge is 2.23. The highest BCUT2D eigenvalue weighted by atomic mass is 16.5. The van der Waals surface area contributed by atoms with Crippen LogP contribution < -0.4 is 5.32 Å². The number of rotatable bonds is 2. The fourth-order valence-corrected chi connectivity index (χ4v) is 2.06. The van der Waals surface area contributed by atoms with Crippen molar-refractivity contribution in [3.8, 4) is 11.5 Å². The average Bonchev–Trinajstić information content (AvgIpc) is 2.96. The van der Waals surface area contributed by atoms with Crippen molar-refractivity contribution in [2.45, 2.75) is 12.3 Å². The Morgan fingerprint density at radius 2 is 2.50 bits per heavy atom. The Morgan fingerprint density at radius 3 is 3.19 bits per heavy atom. The van der Waals surface area contributed by atoms with Crippen LogP contribution in [0.3, 0.4) is 0 Å². The lowest BCUT2D eigenvalue weighted by atomic mass is 10.1. The van der Waals surface area contributed by atoms with Gasteiger partial charge in [-0.1, -0.05) is 5.16 Å². The zero-order chi connectivity index (χ0) is 11.0. The molecule has 0 aliphatic carbocycles. The van der Waals surface area contributed by atoms with Gasteiger partial charge in [-0.2, -0.15) is 4.98 Å². The Morgan fingerprint density at radius 1 is 1.56 bits per heavy atom. The molecule has 1 N–H and O–H groups in total. The Kier molecular flexibility index (Phi) is 2.25. The molecule has 0 spiro atoms. The van der Waals surface area contributed by atoms with Crippen LogP contribution in [0.4, 0.5) is 0 Å². The van der Waals surface area contributed by atoms with E-state index in [0.29, 0.717) is 11.7 Å². The summed E-state index contributed by atoms with van der Waals surface area (Å²) in [5, 5.41) is 7.32. The molecule has 0 bridgehead atoms. The van der Waals surface area contributed by atoms with Gasteiger partial charge in [-0.15, -0.1) is 0 Å². The van der Waals surface area contributed by atoms with Gasteiger partial charge < -0.3 is 14.4 Å². The monoisotopic (exact) mass is 218 g/mol. The summed E-state index contributed by atoms with van der Waals surface area (Å²) in [6.45, 7) is 1.97. The van der Waals surface area contributed by atoms with Crippen LogP contribution in [0, 0.1) is 0 Å². The first-order chi connectivity index (χ1) is 7.84. The number of hydrogen-bond donors (Lipinski definition) is 1.